The van der Waals surface area contributed by atoms with Crippen LogP contribution in [-0.2, 0) is 0 Å². The van der Waals surface area contributed by atoms with Gasteiger partial charge in [-0.1, -0.05) is 59.6 Å². The molecule has 0 heterocycles. The monoisotopic (exact) mass is 282 g/mol. The summed E-state index contributed by atoms with van der Waals surface area (Å²) >= 11 is 12.0. The average Bonchev–Trinajstić information content (AvgIpc) is 2.30. The summed E-state index contributed by atoms with van der Waals surface area (Å²) in [6.07, 6.45) is 0. The van der Waals surface area contributed by atoms with Crippen LogP contribution in [0, 0.1) is 0 Å². The molecule has 2 aromatic rings. The summed E-state index contributed by atoms with van der Waals surface area (Å²) in [4.78, 5) is 12.1. The maximum absolute atomic E-state index is 12.1. The Balaban J connectivity index is 2.27. The van der Waals surface area contributed by atoms with Gasteiger partial charge in [0.1, 0.15) is 0 Å². The van der Waals surface area contributed by atoms with Gasteiger partial charge in [0.2, 0.25) is 0 Å². The Morgan fingerprint density at radius 3 is 2.06 bits per heavy atom. The molecule has 0 aliphatic carbocycles. The van der Waals surface area contributed by atoms with E-state index in [0.717, 1.165) is 5.30 Å². The number of hydrogen-bond acceptors (Lipinski definition) is 1. The Hall–Kier alpha value is -0.880. The van der Waals surface area contributed by atoms with Gasteiger partial charge in [-0.15, -0.1) is 0 Å². The van der Waals surface area contributed by atoms with Crippen LogP contribution >= 0.6 is 31.8 Å². The van der Waals surface area contributed by atoms with Crippen molar-refractivity contribution in [2.45, 2.75) is 0 Å². The second kappa shape index (κ2) is 5.64. The highest BCUT2D eigenvalue weighted by molar-refractivity contribution is 7.66. The third-order valence-corrected chi connectivity index (χ3v) is 3.95. The van der Waals surface area contributed by atoms with Crippen LogP contribution in [0.3, 0.4) is 0 Å². The first-order valence-corrected chi connectivity index (χ1v) is 6.74. The molecule has 0 amide bonds. The van der Waals surface area contributed by atoms with Gasteiger partial charge < -0.3 is 0 Å². The van der Waals surface area contributed by atoms with E-state index < -0.39 is 0 Å². The minimum atomic E-state index is -0.0354. The van der Waals surface area contributed by atoms with Gasteiger partial charge in [-0.05, 0) is 26.0 Å². The van der Waals surface area contributed by atoms with Crippen molar-refractivity contribution >= 4 is 42.6 Å². The fourth-order valence-electron chi connectivity index (χ4n) is 1.43. The molecule has 0 saturated carbocycles. The van der Waals surface area contributed by atoms with Gasteiger partial charge in [0.05, 0.1) is 15.6 Å². The third-order valence-electron chi connectivity index (χ3n) is 2.22. The maximum Gasteiger partial charge on any atom is 0.188 e. The molecule has 0 spiro atoms. The van der Waals surface area contributed by atoms with E-state index in [2.05, 4.69) is 0 Å². The Labute approximate surface area is 112 Å². The molecule has 0 saturated heterocycles. The molecule has 0 bridgehead atoms. The van der Waals surface area contributed by atoms with E-state index >= 15 is 0 Å². The number of carbonyl (C=O) groups is 1. The Bertz CT molecular complexity index is 520. The van der Waals surface area contributed by atoms with Crippen molar-refractivity contribution < 1.29 is 4.79 Å². The highest BCUT2D eigenvalue weighted by Gasteiger charge is 2.14. The predicted molar refractivity (Wildman–Crippen MR) is 75.2 cm³/mol. The normalized spacial score (nSPS) is 10.9. The molecule has 86 valence electrons. The smallest absolute Gasteiger partial charge is 0.188 e. The van der Waals surface area contributed by atoms with Crippen molar-refractivity contribution in [1.82, 2.24) is 0 Å². The average molecular weight is 283 g/mol. The maximum atomic E-state index is 12.1. The molecule has 1 nitrogen and oxygen atoms in total. The molecule has 1 atom stereocenters. The minimum absolute atomic E-state index is 0.0354. The molecule has 2 aromatic carbocycles. The fourth-order valence-corrected chi connectivity index (χ4v) is 3.17. The summed E-state index contributed by atoms with van der Waals surface area (Å²) in [5.41, 5.74) is 0.379. The number of rotatable bonds is 3. The highest BCUT2D eigenvalue weighted by Crippen LogP contribution is 2.30. The van der Waals surface area contributed by atoms with E-state index in [1.54, 1.807) is 18.2 Å². The zero-order valence-corrected chi connectivity index (χ0v) is 11.3. The molecular formula is C13H9Cl2OP. The van der Waals surface area contributed by atoms with Gasteiger partial charge >= 0.3 is 0 Å². The van der Waals surface area contributed by atoms with Crippen molar-refractivity contribution in [3.05, 3.63) is 64.1 Å². The van der Waals surface area contributed by atoms with E-state index in [1.165, 1.54) is 0 Å². The Morgan fingerprint density at radius 2 is 1.47 bits per heavy atom. The van der Waals surface area contributed by atoms with E-state index in [-0.39, 0.29) is 14.1 Å². The van der Waals surface area contributed by atoms with Gasteiger partial charge in [-0.2, -0.15) is 0 Å². The molecule has 0 aliphatic rings. The molecule has 4 heteroatoms. The van der Waals surface area contributed by atoms with Gasteiger partial charge in [0.25, 0.3) is 0 Å². The first-order chi connectivity index (χ1) is 8.18. The lowest BCUT2D eigenvalue weighted by Gasteiger charge is -2.05. The van der Waals surface area contributed by atoms with Gasteiger partial charge in [-0.3, -0.25) is 4.79 Å². The molecule has 2 rings (SSSR count). The zero-order chi connectivity index (χ0) is 12.3. The van der Waals surface area contributed by atoms with Crippen LogP contribution < -0.4 is 5.30 Å². The van der Waals surface area contributed by atoms with Crippen molar-refractivity contribution in [3.63, 3.8) is 0 Å². The summed E-state index contributed by atoms with van der Waals surface area (Å²) in [6, 6.07) is 14.6. The van der Waals surface area contributed by atoms with E-state index in [1.807, 2.05) is 30.3 Å². The SMILES string of the molecule is O=C(Pc1ccccc1)c1c(Cl)cccc1Cl. The van der Waals surface area contributed by atoms with E-state index in [4.69, 9.17) is 23.2 Å². The molecule has 0 N–H and O–H groups in total. The summed E-state index contributed by atoms with van der Waals surface area (Å²) in [5.74, 6) is 0. The van der Waals surface area contributed by atoms with Crippen LogP contribution in [0.25, 0.3) is 0 Å². The largest absolute Gasteiger partial charge is 0.289 e. The lowest BCUT2D eigenvalue weighted by Crippen LogP contribution is -2.01. The standard InChI is InChI=1S/C13H9Cl2OP/c14-10-7-4-8-11(15)12(10)13(16)17-9-5-2-1-3-6-9/h1-8,17H. The molecular weight excluding hydrogens is 274 g/mol. The molecule has 0 aromatic heterocycles. The molecule has 0 radical (unpaired) electrons. The lowest BCUT2D eigenvalue weighted by atomic mass is 10.2. The Kier molecular flexibility index (Phi) is 4.17. The topological polar surface area (TPSA) is 17.1 Å². The van der Waals surface area contributed by atoms with Gasteiger partial charge in [-0.25, -0.2) is 0 Å². The van der Waals surface area contributed by atoms with E-state index in [9.17, 15) is 4.79 Å². The first-order valence-electron chi connectivity index (χ1n) is 4.99. The second-order valence-corrected chi connectivity index (χ2v) is 5.51. The lowest BCUT2D eigenvalue weighted by molar-refractivity contribution is 0.108. The zero-order valence-electron chi connectivity index (χ0n) is 8.78. The molecule has 0 fully saturated rings. The molecule has 0 aliphatic heterocycles. The van der Waals surface area contributed by atoms with Crippen LogP contribution in [0.2, 0.25) is 10.0 Å². The second-order valence-electron chi connectivity index (χ2n) is 3.42. The van der Waals surface area contributed by atoms with Crippen molar-refractivity contribution in [2.24, 2.45) is 0 Å². The van der Waals surface area contributed by atoms with Crippen LogP contribution in [0.4, 0.5) is 0 Å². The molecule has 1 unspecified atom stereocenters. The van der Waals surface area contributed by atoms with Crippen LogP contribution in [0.15, 0.2) is 48.5 Å². The van der Waals surface area contributed by atoms with Crippen molar-refractivity contribution in [1.29, 1.82) is 0 Å². The summed E-state index contributed by atoms with van der Waals surface area (Å²) in [5, 5.41) is 1.80. The summed E-state index contributed by atoms with van der Waals surface area (Å²) in [6.45, 7) is 0. The highest BCUT2D eigenvalue weighted by atomic mass is 35.5. The predicted octanol–water partition coefficient (Wildman–Crippen LogP) is 4.14. The number of hydrogen-bond donors (Lipinski definition) is 0. The van der Waals surface area contributed by atoms with Crippen LogP contribution in [-0.4, -0.2) is 5.52 Å². The minimum Gasteiger partial charge on any atom is -0.289 e. The van der Waals surface area contributed by atoms with E-state index in [0.29, 0.717) is 15.6 Å². The number of halogens is 2. The van der Waals surface area contributed by atoms with Gasteiger partial charge in [0.15, 0.2) is 5.52 Å². The fraction of sp³-hybridized carbons (Fsp3) is 0. The molecule has 17 heavy (non-hydrogen) atoms. The first kappa shape index (κ1) is 12.6. The number of benzene rings is 2. The third kappa shape index (κ3) is 3.07. The summed E-state index contributed by atoms with van der Waals surface area (Å²) < 4.78 is 0. The van der Waals surface area contributed by atoms with Crippen molar-refractivity contribution in [3.8, 4) is 0 Å². The number of carbonyl (C=O) groups excluding carboxylic acids is 1. The summed E-state index contributed by atoms with van der Waals surface area (Å²) in [7, 11) is 0.0407. The van der Waals surface area contributed by atoms with Crippen LogP contribution in [0.5, 0.6) is 0 Å². The van der Waals surface area contributed by atoms with Gasteiger partial charge in [0, 0.05) is 0 Å². The Morgan fingerprint density at radius 1 is 0.882 bits per heavy atom. The van der Waals surface area contributed by atoms with Crippen molar-refractivity contribution in [2.75, 3.05) is 0 Å². The van der Waals surface area contributed by atoms with Crippen LogP contribution in [0.1, 0.15) is 10.4 Å². The quantitative estimate of drug-likeness (QED) is 0.774.